The van der Waals surface area contributed by atoms with Gasteiger partial charge >= 0.3 is 0 Å². The van der Waals surface area contributed by atoms with Crippen LogP contribution in [0.1, 0.15) is 116 Å². The number of hydrogen-bond donors (Lipinski definition) is 1. The van der Waals surface area contributed by atoms with Crippen molar-refractivity contribution in [1.29, 1.82) is 0 Å². The van der Waals surface area contributed by atoms with Crippen LogP contribution in [0.5, 0.6) is 5.75 Å². The molecule has 0 saturated heterocycles. The van der Waals surface area contributed by atoms with Crippen molar-refractivity contribution >= 4 is 10.1 Å². The molecule has 0 fully saturated rings. The molecule has 1 aromatic carbocycles. The van der Waals surface area contributed by atoms with Crippen LogP contribution in [-0.4, -0.2) is 24.3 Å². The highest BCUT2D eigenvalue weighted by Crippen LogP contribution is 2.26. The second-order valence-corrected chi connectivity index (χ2v) is 10.8. The molecule has 0 spiro atoms. The van der Waals surface area contributed by atoms with E-state index < -0.39 is 21.5 Å². The topological polar surface area (TPSA) is 63.6 Å². The molecule has 2 unspecified atom stereocenters. The van der Waals surface area contributed by atoms with Crippen LogP contribution in [0.15, 0.2) is 18.2 Å². The largest absolute Gasteiger partial charge is 0.489 e. The summed E-state index contributed by atoms with van der Waals surface area (Å²) in [6.45, 7) is 7.66. The van der Waals surface area contributed by atoms with E-state index in [0.717, 1.165) is 30.6 Å². The Hall–Kier alpha value is -1.07. The molecule has 0 amide bonds. The lowest BCUT2D eigenvalue weighted by Crippen LogP contribution is -2.33. The van der Waals surface area contributed by atoms with E-state index in [1.807, 2.05) is 6.07 Å². The van der Waals surface area contributed by atoms with E-state index in [1.54, 1.807) is 6.92 Å². The lowest BCUT2D eigenvalue weighted by atomic mass is 9.99. The van der Waals surface area contributed by atoms with Gasteiger partial charge in [-0.3, -0.25) is 4.55 Å². The van der Waals surface area contributed by atoms with Gasteiger partial charge in [0.05, 0.1) is 0 Å². The van der Waals surface area contributed by atoms with Crippen molar-refractivity contribution in [3.05, 3.63) is 29.3 Å². The monoisotopic (exact) mass is 454 g/mol. The first-order valence-corrected chi connectivity index (χ1v) is 14.0. The summed E-state index contributed by atoms with van der Waals surface area (Å²) in [6, 6.07) is 6.35. The van der Waals surface area contributed by atoms with E-state index in [2.05, 4.69) is 26.0 Å². The fraction of sp³-hybridized carbons (Fsp3) is 0.769. The zero-order chi connectivity index (χ0) is 23.1. The number of ether oxygens (including phenoxy) is 1. The van der Waals surface area contributed by atoms with Gasteiger partial charge in [0.2, 0.25) is 0 Å². The minimum atomic E-state index is -4.12. The summed E-state index contributed by atoms with van der Waals surface area (Å²) in [6.07, 6.45) is 16.6. The van der Waals surface area contributed by atoms with Crippen molar-refractivity contribution in [2.75, 3.05) is 0 Å². The predicted octanol–water partition coefficient (Wildman–Crippen LogP) is 7.54. The molecule has 180 valence electrons. The van der Waals surface area contributed by atoms with Gasteiger partial charge < -0.3 is 4.74 Å². The fourth-order valence-electron chi connectivity index (χ4n) is 3.84. The molecule has 0 radical (unpaired) electrons. The molecule has 1 aromatic rings. The second kappa shape index (κ2) is 15.7. The molecule has 31 heavy (non-hydrogen) atoms. The van der Waals surface area contributed by atoms with Crippen LogP contribution in [0.3, 0.4) is 0 Å². The van der Waals surface area contributed by atoms with E-state index in [-0.39, 0.29) is 0 Å². The molecule has 2 atom stereocenters. The predicted molar refractivity (Wildman–Crippen MR) is 132 cm³/mol. The highest BCUT2D eigenvalue weighted by molar-refractivity contribution is 7.86. The molecule has 0 saturated carbocycles. The SMILES string of the molecule is CCCCCCCCc1ccc(OC(C)C(C)S(=O)(=O)O)c(CCCCCCCC)c1. The van der Waals surface area contributed by atoms with Gasteiger partial charge in [-0.1, -0.05) is 90.2 Å². The average Bonchev–Trinajstić information content (AvgIpc) is 2.73. The molecule has 0 aliphatic heterocycles. The Morgan fingerprint density at radius 1 is 0.806 bits per heavy atom. The standard InChI is InChI=1S/C26H46O4S/c1-5-7-9-11-13-15-17-24-19-20-26(30-22(3)23(4)31(27,28)29)25(21-24)18-16-14-12-10-8-6-2/h19-23H,5-18H2,1-4H3,(H,27,28,29). The Morgan fingerprint density at radius 3 is 1.87 bits per heavy atom. The summed E-state index contributed by atoms with van der Waals surface area (Å²) in [5.74, 6) is 0.753. The lowest BCUT2D eigenvalue weighted by molar-refractivity contribution is 0.212. The van der Waals surface area contributed by atoms with E-state index >= 15 is 0 Å². The van der Waals surface area contributed by atoms with Crippen molar-refractivity contribution in [3.8, 4) is 5.75 Å². The van der Waals surface area contributed by atoms with E-state index in [4.69, 9.17) is 4.74 Å². The third kappa shape index (κ3) is 11.9. The second-order valence-electron chi connectivity index (χ2n) is 9.02. The molecule has 4 nitrogen and oxygen atoms in total. The lowest BCUT2D eigenvalue weighted by Gasteiger charge is -2.22. The number of aryl methyl sites for hydroxylation is 2. The Kier molecular flexibility index (Phi) is 14.1. The van der Waals surface area contributed by atoms with Gasteiger partial charge in [-0.25, -0.2) is 0 Å². The van der Waals surface area contributed by atoms with E-state index in [9.17, 15) is 13.0 Å². The molecule has 0 bridgehead atoms. The van der Waals surface area contributed by atoms with Crippen LogP contribution in [-0.2, 0) is 23.0 Å². The van der Waals surface area contributed by atoms with Gasteiger partial charge in [0.25, 0.3) is 10.1 Å². The molecule has 5 heteroatoms. The quantitative estimate of drug-likeness (QED) is 0.184. The molecular weight excluding hydrogens is 408 g/mol. The van der Waals surface area contributed by atoms with Crippen molar-refractivity contribution < 1.29 is 17.7 Å². The molecule has 0 aromatic heterocycles. The first kappa shape index (κ1) is 28.0. The smallest absolute Gasteiger partial charge is 0.271 e. The van der Waals surface area contributed by atoms with Crippen LogP contribution in [0.4, 0.5) is 0 Å². The Labute approximate surface area is 191 Å². The average molecular weight is 455 g/mol. The Morgan fingerprint density at radius 2 is 1.32 bits per heavy atom. The van der Waals surface area contributed by atoms with Crippen LogP contribution < -0.4 is 4.74 Å². The number of benzene rings is 1. The zero-order valence-corrected chi connectivity index (χ0v) is 21.2. The third-order valence-corrected chi connectivity index (χ3v) is 7.51. The third-order valence-electron chi connectivity index (χ3n) is 6.19. The van der Waals surface area contributed by atoms with Crippen molar-refractivity contribution in [2.24, 2.45) is 0 Å². The maximum atomic E-state index is 11.5. The van der Waals surface area contributed by atoms with Crippen LogP contribution in [0, 0.1) is 0 Å². The van der Waals surface area contributed by atoms with E-state index in [1.165, 1.54) is 83.1 Å². The molecular formula is C26H46O4S. The molecule has 0 aliphatic carbocycles. The Bertz CT molecular complexity index is 699. The molecule has 0 heterocycles. The minimum Gasteiger partial charge on any atom is -0.489 e. The number of hydrogen-bond acceptors (Lipinski definition) is 3. The van der Waals surface area contributed by atoms with Crippen LogP contribution >= 0.6 is 0 Å². The summed E-state index contributed by atoms with van der Waals surface area (Å²) in [5, 5.41) is -0.961. The maximum Gasteiger partial charge on any atom is 0.271 e. The van der Waals surface area contributed by atoms with Crippen molar-refractivity contribution in [3.63, 3.8) is 0 Å². The first-order valence-electron chi connectivity index (χ1n) is 12.5. The summed E-state index contributed by atoms with van der Waals surface area (Å²) >= 11 is 0. The van der Waals surface area contributed by atoms with Crippen LogP contribution in [0.2, 0.25) is 0 Å². The first-order chi connectivity index (χ1) is 14.8. The number of rotatable bonds is 18. The summed E-state index contributed by atoms with van der Waals surface area (Å²) in [5.41, 5.74) is 2.49. The minimum absolute atomic E-state index is 0.609. The molecule has 0 aliphatic rings. The Balaban J connectivity index is 2.74. The van der Waals surface area contributed by atoms with Gasteiger partial charge in [0.1, 0.15) is 17.1 Å². The van der Waals surface area contributed by atoms with Crippen molar-refractivity contribution in [2.45, 2.75) is 129 Å². The van der Waals surface area contributed by atoms with Gasteiger partial charge in [-0.15, -0.1) is 0 Å². The van der Waals surface area contributed by atoms with Gasteiger partial charge in [-0.2, -0.15) is 8.42 Å². The highest BCUT2D eigenvalue weighted by atomic mass is 32.2. The summed E-state index contributed by atoms with van der Waals surface area (Å²) in [7, 11) is -4.12. The molecule has 1 rings (SSSR count). The normalized spacial score (nSPS) is 13.8. The summed E-state index contributed by atoms with van der Waals surface area (Å²) < 4.78 is 38.3. The van der Waals surface area contributed by atoms with E-state index in [0.29, 0.717) is 0 Å². The van der Waals surface area contributed by atoms with Crippen molar-refractivity contribution in [1.82, 2.24) is 0 Å². The highest BCUT2D eigenvalue weighted by Gasteiger charge is 2.26. The van der Waals surface area contributed by atoms with Crippen LogP contribution in [0.25, 0.3) is 0 Å². The maximum absolute atomic E-state index is 11.5. The van der Waals surface area contributed by atoms with Gasteiger partial charge in [0, 0.05) is 0 Å². The van der Waals surface area contributed by atoms with Gasteiger partial charge in [0.15, 0.2) is 0 Å². The summed E-state index contributed by atoms with van der Waals surface area (Å²) in [4.78, 5) is 0. The molecule has 1 N–H and O–H groups in total. The fourth-order valence-corrected chi connectivity index (χ4v) is 4.38. The zero-order valence-electron chi connectivity index (χ0n) is 20.4. The van der Waals surface area contributed by atoms with Gasteiger partial charge in [-0.05, 0) is 56.7 Å². The number of unbranched alkanes of at least 4 members (excludes halogenated alkanes) is 10.